The highest BCUT2D eigenvalue weighted by molar-refractivity contribution is 6.35. The average molecular weight is 391 g/mol. The van der Waals surface area contributed by atoms with E-state index in [1.54, 1.807) is 42.7 Å². The van der Waals surface area contributed by atoms with Gasteiger partial charge in [0.2, 0.25) is 5.91 Å². The summed E-state index contributed by atoms with van der Waals surface area (Å²) in [5.74, 6) is -0.594. The summed E-state index contributed by atoms with van der Waals surface area (Å²) in [4.78, 5) is 33.6. The zero-order valence-electron chi connectivity index (χ0n) is 13.9. The molecule has 26 heavy (non-hydrogen) atoms. The van der Waals surface area contributed by atoms with E-state index in [2.05, 4.69) is 15.3 Å². The fourth-order valence-electron chi connectivity index (χ4n) is 2.53. The number of aromatic amines is 1. The summed E-state index contributed by atoms with van der Waals surface area (Å²) in [5.41, 5.74) is 2.43. The fraction of sp³-hybridized carbons (Fsp3) is 0.167. The van der Waals surface area contributed by atoms with Crippen LogP contribution in [0.2, 0.25) is 10.0 Å². The topological polar surface area (TPSA) is 78.1 Å². The van der Waals surface area contributed by atoms with Crippen molar-refractivity contribution in [3.8, 4) is 0 Å². The van der Waals surface area contributed by atoms with Crippen molar-refractivity contribution in [3.05, 3.63) is 58.3 Å². The van der Waals surface area contributed by atoms with E-state index in [4.69, 9.17) is 23.2 Å². The first-order valence-electron chi connectivity index (χ1n) is 7.95. The number of imidazole rings is 1. The number of nitrogens with one attached hydrogen (secondary N) is 2. The first-order chi connectivity index (χ1) is 12.5. The maximum atomic E-state index is 12.7. The number of H-pyrrole nitrogens is 1. The molecule has 3 rings (SSSR count). The molecule has 0 spiro atoms. The average Bonchev–Trinajstić information content (AvgIpc) is 3.10. The Hall–Kier alpha value is -2.57. The van der Waals surface area contributed by atoms with Gasteiger partial charge >= 0.3 is 0 Å². The van der Waals surface area contributed by atoms with Crippen molar-refractivity contribution in [2.45, 2.75) is 6.92 Å². The summed E-state index contributed by atoms with van der Waals surface area (Å²) in [5, 5.41) is 3.52. The molecule has 0 fully saturated rings. The molecular formula is C18H16Cl2N4O2. The number of halogens is 2. The van der Waals surface area contributed by atoms with Crippen molar-refractivity contribution in [1.82, 2.24) is 14.9 Å². The summed E-state index contributed by atoms with van der Waals surface area (Å²) >= 11 is 12.0. The third kappa shape index (κ3) is 3.98. The highest BCUT2D eigenvalue weighted by Gasteiger charge is 2.18. The van der Waals surface area contributed by atoms with Gasteiger partial charge in [-0.1, -0.05) is 23.2 Å². The maximum Gasteiger partial charge on any atom is 0.254 e. The molecule has 0 saturated carbocycles. The Balaban J connectivity index is 1.72. The molecular weight excluding hydrogens is 375 g/mol. The number of carbonyl (C=O) groups excluding carboxylic acids is 2. The Morgan fingerprint density at radius 3 is 2.77 bits per heavy atom. The molecule has 0 aliphatic rings. The zero-order valence-corrected chi connectivity index (χ0v) is 15.4. The van der Waals surface area contributed by atoms with E-state index >= 15 is 0 Å². The van der Waals surface area contributed by atoms with E-state index in [9.17, 15) is 9.59 Å². The number of benzene rings is 2. The molecule has 3 aromatic rings. The highest BCUT2D eigenvalue weighted by atomic mass is 35.5. The number of aromatic nitrogens is 2. The second-order valence-electron chi connectivity index (χ2n) is 5.63. The van der Waals surface area contributed by atoms with Crippen LogP contribution in [0.15, 0.2) is 42.7 Å². The molecule has 1 heterocycles. The van der Waals surface area contributed by atoms with Crippen molar-refractivity contribution < 1.29 is 9.59 Å². The van der Waals surface area contributed by atoms with Gasteiger partial charge in [-0.25, -0.2) is 4.98 Å². The Morgan fingerprint density at radius 2 is 2.00 bits per heavy atom. The van der Waals surface area contributed by atoms with Gasteiger partial charge in [0.25, 0.3) is 5.91 Å². The number of anilines is 1. The summed E-state index contributed by atoms with van der Waals surface area (Å²) < 4.78 is 0. The molecule has 0 radical (unpaired) electrons. The normalized spacial score (nSPS) is 10.7. The Kier molecular flexibility index (Phi) is 5.44. The van der Waals surface area contributed by atoms with Crippen molar-refractivity contribution in [3.63, 3.8) is 0 Å². The van der Waals surface area contributed by atoms with Gasteiger partial charge in [0.05, 0.1) is 28.1 Å². The molecule has 134 valence electrons. The third-order valence-electron chi connectivity index (χ3n) is 3.87. The van der Waals surface area contributed by atoms with Gasteiger partial charge in [0.1, 0.15) is 6.54 Å². The number of hydrogen-bond donors (Lipinski definition) is 2. The molecule has 8 heteroatoms. The smallest absolute Gasteiger partial charge is 0.254 e. The lowest BCUT2D eigenvalue weighted by Crippen LogP contribution is -2.37. The van der Waals surface area contributed by atoms with Gasteiger partial charge in [0, 0.05) is 17.1 Å². The van der Waals surface area contributed by atoms with Crippen LogP contribution >= 0.6 is 23.2 Å². The molecule has 0 aliphatic heterocycles. The molecule has 1 aromatic heterocycles. The molecule has 2 N–H and O–H groups in total. The van der Waals surface area contributed by atoms with E-state index in [-0.39, 0.29) is 18.4 Å². The van der Waals surface area contributed by atoms with Gasteiger partial charge in [0.15, 0.2) is 0 Å². The number of fused-ring (bicyclic) bond motifs is 1. The summed E-state index contributed by atoms with van der Waals surface area (Å²) in [6.07, 6.45) is 1.57. The highest BCUT2D eigenvalue weighted by Crippen LogP contribution is 2.25. The maximum absolute atomic E-state index is 12.7. The Morgan fingerprint density at radius 1 is 1.19 bits per heavy atom. The minimum atomic E-state index is -0.355. The summed E-state index contributed by atoms with van der Waals surface area (Å²) in [7, 11) is 0. The lowest BCUT2D eigenvalue weighted by molar-refractivity contribution is -0.116. The molecule has 0 bridgehead atoms. The number of amides is 2. The molecule has 0 atom stereocenters. The van der Waals surface area contributed by atoms with Crippen LogP contribution in [0.3, 0.4) is 0 Å². The first kappa shape index (κ1) is 18.2. The van der Waals surface area contributed by atoms with E-state index in [0.29, 0.717) is 27.8 Å². The monoisotopic (exact) mass is 390 g/mol. The van der Waals surface area contributed by atoms with E-state index in [0.717, 1.165) is 11.0 Å². The van der Waals surface area contributed by atoms with E-state index in [1.165, 1.54) is 4.90 Å². The Bertz CT molecular complexity index is 971. The number of rotatable bonds is 5. The van der Waals surface area contributed by atoms with Crippen LogP contribution in [0.1, 0.15) is 17.3 Å². The number of likely N-dealkylation sites (N-methyl/N-ethyl adjacent to an activating group) is 1. The largest absolute Gasteiger partial charge is 0.345 e. The minimum Gasteiger partial charge on any atom is -0.345 e. The molecule has 6 nitrogen and oxygen atoms in total. The number of carbonyl (C=O) groups is 2. The van der Waals surface area contributed by atoms with E-state index < -0.39 is 0 Å². The number of hydrogen-bond acceptors (Lipinski definition) is 3. The van der Waals surface area contributed by atoms with Crippen LogP contribution in [-0.4, -0.2) is 39.8 Å². The van der Waals surface area contributed by atoms with Crippen molar-refractivity contribution in [2.24, 2.45) is 0 Å². The second-order valence-corrected chi connectivity index (χ2v) is 6.47. The second kappa shape index (κ2) is 7.76. The van der Waals surface area contributed by atoms with Crippen LogP contribution in [0.4, 0.5) is 5.69 Å². The van der Waals surface area contributed by atoms with Crippen LogP contribution in [0, 0.1) is 0 Å². The van der Waals surface area contributed by atoms with Crippen LogP contribution in [0.5, 0.6) is 0 Å². The molecule has 0 saturated heterocycles. The lowest BCUT2D eigenvalue weighted by atomic mass is 10.1. The van der Waals surface area contributed by atoms with Gasteiger partial charge in [-0.05, 0) is 43.3 Å². The minimum absolute atomic E-state index is 0.0980. The molecule has 2 amide bonds. The summed E-state index contributed by atoms with van der Waals surface area (Å²) in [6, 6.07) is 9.97. The molecule has 0 aliphatic carbocycles. The Labute approximate surface area is 160 Å². The van der Waals surface area contributed by atoms with Crippen LogP contribution in [0.25, 0.3) is 11.0 Å². The lowest BCUT2D eigenvalue weighted by Gasteiger charge is -2.20. The van der Waals surface area contributed by atoms with Crippen molar-refractivity contribution in [2.75, 3.05) is 18.4 Å². The zero-order chi connectivity index (χ0) is 18.7. The SMILES string of the molecule is CCN(CC(=O)Nc1cc(Cl)ccc1Cl)C(=O)c1ccc2nc[nH]c2c1. The van der Waals surface area contributed by atoms with Crippen LogP contribution < -0.4 is 5.32 Å². The van der Waals surface area contributed by atoms with E-state index in [1.807, 2.05) is 6.92 Å². The van der Waals surface area contributed by atoms with Crippen molar-refractivity contribution in [1.29, 1.82) is 0 Å². The predicted octanol–water partition coefficient (Wildman–Crippen LogP) is 3.97. The van der Waals surface area contributed by atoms with Crippen molar-refractivity contribution >= 4 is 51.7 Å². The standard InChI is InChI=1S/C18H16Cl2N4O2/c1-2-24(9-17(25)23-15-8-12(19)4-5-13(15)20)18(26)11-3-6-14-16(7-11)22-10-21-14/h3-8,10H,2,9H2,1H3,(H,21,22)(H,23,25). The third-order valence-corrected chi connectivity index (χ3v) is 4.44. The summed E-state index contributed by atoms with van der Waals surface area (Å²) in [6.45, 7) is 2.10. The van der Waals surface area contributed by atoms with Gasteiger partial charge in [-0.15, -0.1) is 0 Å². The van der Waals surface area contributed by atoms with Gasteiger partial charge in [-0.3, -0.25) is 9.59 Å². The van der Waals surface area contributed by atoms with Crippen LogP contribution in [-0.2, 0) is 4.79 Å². The number of nitrogens with zero attached hydrogens (tertiary/aromatic N) is 2. The fourth-order valence-corrected chi connectivity index (χ4v) is 2.87. The molecule has 2 aromatic carbocycles. The predicted molar refractivity (Wildman–Crippen MR) is 103 cm³/mol. The first-order valence-corrected chi connectivity index (χ1v) is 8.71. The van der Waals surface area contributed by atoms with Gasteiger partial charge < -0.3 is 15.2 Å². The quantitative estimate of drug-likeness (QED) is 0.691. The molecule has 0 unspecified atom stereocenters. The van der Waals surface area contributed by atoms with Gasteiger partial charge in [-0.2, -0.15) is 0 Å².